The van der Waals surface area contributed by atoms with E-state index in [2.05, 4.69) is 34.0 Å². The highest BCUT2D eigenvalue weighted by molar-refractivity contribution is 5.93. The third kappa shape index (κ3) is 4.40. The average Bonchev–Trinajstić information content (AvgIpc) is 2.76. The second-order valence-electron chi connectivity index (χ2n) is 8.88. The number of benzene rings is 1. The Hall–Kier alpha value is -2.97. The van der Waals surface area contributed by atoms with Gasteiger partial charge in [0.1, 0.15) is 5.82 Å². The van der Waals surface area contributed by atoms with E-state index in [0.717, 1.165) is 35.2 Å². The number of nitrogens with zero attached hydrogens (tertiary/aromatic N) is 4. The van der Waals surface area contributed by atoms with Crippen LogP contribution in [0.4, 0.5) is 17.1 Å². The summed E-state index contributed by atoms with van der Waals surface area (Å²) in [5, 5.41) is 13.6. The van der Waals surface area contributed by atoms with E-state index in [1.807, 2.05) is 31.5 Å². The monoisotopic (exact) mass is 423 g/mol. The Balaban J connectivity index is 1.58. The van der Waals surface area contributed by atoms with E-state index in [-0.39, 0.29) is 11.6 Å². The maximum atomic E-state index is 12.4. The van der Waals surface area contributed by atoms with Crippen molar-refractivity contribution in [2.75, 3.05) is 23.3 Å². The minimum absolute atomic E-state index is 0.104. The summed E-state index contributed by atoms with van der Waals surface area (Å²) in [6, 6.07) is 6.85. The number of rotatable bonds is 5. The normalized spacial score (nSPS) is 20.1. The van der Waals surface area contributed by atoms with Crippen LogP contribution in [0.3, 0.4) is 0 Å². The Bertz CT molecular complexity index is 1120. The van der Waals surface area contributed by atoms with E-state index in [1.165, 1.54) is 6.42 Å². The maximum absolute atomic E-state index is 12.4. The van der Waals surface area contributed by atoms with Crippen LogP contribution in [-0.4, -0.2) is 32.8 Å². The Morgan fingerprint density at radius 3 is 2.48 bits per heavy atom. The van der Waals surface area contributed by atoms with Crippen LogP contribution < -0.4 is 21.3 Å². The number of hydrogen-bond acceptors (Lipinski definition) is 6. The van der Waals surface area contributed by atoms with Gasteiger partial charge in [0.05, 0.1) is 29.6 Å². The van der Waals surface area contributed by atoms with E-state index in [4.69, 9.17) is 0 Å². The zero-order chi connectivity index (χ0) is 22.1. The first-order valence-corrected chi connectivity index (χ1v) is 10.8. The summed E-state index contributed by atoms with van der Waals surface area (Å²) in [6.45, 7) is 8.62. The van der Waals surface area contributed by atoms with Crippen molar-refractivity contribution in [1.29, 1.82) is 0 Å². The summed E-state index contributed by atoms with van der Waals surface area (Å²) in [7, 11) is 1.74. The zero-order valence-corrected chi connectivity index (χ0v) is 18.5. The number of nitrogens with one attached hydrogen (secondary N) is 1. The number of nitrogens with two attached hydrogens (primary N) is 1. The largest absolute Gasteiger partial charge is 0.375 e. The Kier molecular flexibility index (Phi) is 5.93. The molecule has 3 unspecified atom stereocenters. The molecule has 4 rings (SSSR count). The molecule has 0 bridgehead atoms. The predicted molar refractivity (Wildman–Crippen MR) is 122 cm³/mol. The van der Waals surface area contributed by atoms with E-state index in [0.29, 0.717) is 29.0 Å². The van der Waals surface area contributed by atoms with Gasteiger partial charge in [-0.25, -0.2) is 15.2 Å². The summed E-state index contributed by atoms with van der Waals surface area (Å²) >= 11 is 0. The lowest BCUT2D eigenvalue weighted by Gasteiger charge is -2.36. The van der Waals surface area contributed by atoms with E-state index < -0.39 is 0 Å². The average molecular weight is 424 g/mol. The summed E-state index contributed by atoms with van der Waals surface area (Å²) in [6.07, 6.45) is 5.05. The van der Waals surface area contributed by atoms with Crippen LogP contribution in [0, 0.1) is 11.8 Å². The van der Waals surface area contributed by atoms with E-state index >= 15 is 0 Å². The van der Waals surface area contributed by atoms with Crippen LogP contribution in [0.15, 0.2) is 41.5 Å². The summed E-state index contributed by atoms with van der Waals surface area (Å²) in [5.41, 5.74) is 4.16. The van der Waals surface area contributed by atoms with Crippen molar-refractivity contribution in [2.24, 2.45) is 18.9 Å². The van der Waals surface area contributed by atoms with Crippen LogP contribution >= 0.6 is 0 Å². The molecule has 1 fully saturated rings. The van der Waals surface area contributed by atoms with Crippen LogP contribution in [0.1, 0.15) is 39.1 Å². The number of aryl methyl sites for hydroxylation is 1. The van der Waals surface area contributed by atoms with Gasteiger partial charge in [0, 0.05) is 49.4 Å². The first-order chi connectivity index (χ1) is 14.9. The van der Waals surface area contributed by atoms with Gasteiger partial charge in [0.25, 0.3) is 5.56 Å². The molecule has 0 aliphatic carbocycles. The summed E-state index contributed by atoms with van der Waals surface area (Å²) in [5.74, 6) is 2.00. The first-order valence-electron chi connectivity index (χ1n) is 10.8. The van der Waals surface area contributed by atoms with Gasteiger partial charge < -0.3 is 14.8 Å². The van der Waals surface area contributed by atoms with Gasteiger partial charge in [0.15, 0.2) is 5.69 Å². The molecule has 31 heavy (non-hydrogen) atoms. The number of anilines is 2. The molecule has 2 aromatic heterocycles. The van der Waals surface area contributed by atoms with Gasteiger partial charge in [-0.1, -0.05) is 13.8 Å². The van der Waals surface area contributed by atoms with Gasteiger partial charge in [-0.2, -0.15) is 5.48 Å². The lowest BCUT2D eigenvalue weighted by Crippen LogP contribution is -2.73. The first kappa shape index (κ1) is 21.3. The van der Waals surface area contributed by atoms with Crippen LogP contribution in [0.25, 0.3) is 10.9 Å². The van der Waals surface area contributed by atoms with E-state index in [9.17, 15) is 10.0 Å². The Morgan fingerprint density at radius 2 is 1.84 bits per heavy atom. The highest BCUT2D eigenvalue weighted by Crippen LogP contribution is 2.28. The van der Waals surface area contributed by atoms with Gasteiger partial charge in [-0.15, -0.1) is 0 Å². The molecular weight excluding hydrogens is 392 g/mol. The number of quaternary nitrogens is 1. The van der Waals surface area contributed by atoms with E-state index in [1.54, 1.807) is 23.7 Å². The topological polar surface area (TPSA) is 99.9 Å². The van der Waals surface area contributed by atoms with Gasteiger partial charge >= 0.3 is 0 Å². The Morgan fingerprint density at radius 1 is 1.16 bits per heavy atom. The molecule has 8 nitrogen and oxygen atoms in total. The molecule has 4 N–H and O–H groups in total. The molecule has 1 aliphatic rings. The summed E-state index contributed by atoms with van der Waals surface area (Å²) < 4.78 is 1.60. The minimum Gasteiger partial charge on any atom is -0.375 e. The number of pyridine rings is 1. The molecule has 0 radical (unpaired) electrons. The molecule has 3 heterocycles. The molecule has 3 aromatic rings. The molecule has 8 heteroatoms. The van der Waals surface area contributed by atoms with Crippen LogP contribution in [0.2, 0.25) is 0 Å². The van der Waals surface area contributed by atoms with Gasteiger partial charge in [0.2, 0.25) is 0 Å². The van der Waals surface area contributed by atoms with Crippen molar-refractivity contribution in [2.45, 2.75) is 33.2 Å². The smallest absolute Gasteiger partial charge is 0.252 e. The van der Waals surface area contributed by atoms with Gasteiger partial charge in [-0.3, -0.25) is 4.79 Å². The second-order valence-corrected chi connectivity index (χ2v) is 8.88. The number of hydrogen-bond donors (Lipinski definition) is 3. The molecule has 1 aliphatic heterocycles. The quantitative estimate of drug-likeness (QED) is 0.431. The fourth-order valence-corrected chi connectivity index (χ4v) is 4.57. The third-order valence-corrected chi connectivity index (χ3v) is 6.07. The van der Waals surface area contributed by atoms with Crippen molar-refractivity contribution >= 4 is 28.0 Å². The van der Waals surface area contributed by atoms with Gasteiger partial charge in [-0.05, 0) is 31.2 Å². The number of piperidine rings is 1. The molecule has 1 aromatic carbocycles. The maximum Gasteiger partial charge on any atom is 0.252 e. The van der Waals surface area contributed by atoms with Crippen molar-refractivity contribution in [1.82, 2.24) is 14.5 Å². The number of aromatic nitrogens is 3. The third-order valence-electron chi connectivity index (χ3n) is 6.07. The van der Waals surface area contributed by atoms with Crippen LogP contribution in [0.5, 0.6) is 0 Å². The molecule has 0 saturated carbocycles. The highest BCUT2D eigenvalue weighted by atomic mass is 16.5. The summed E-state index contributed by atoms with van der Waals surface area (Å²) in [4.78, 5) is 24.0. The van der Waals surface area contributed by atoms with Crippen molar-refractivity contribution in [3.05, 3.63) is 52.8 Å². The molecule has 0 amide bonds. The standard InChI is InChI=1S/C23H30N6O2/c1-14-7-15(2)13-29(12-14)18-10-24-23(25-11-18)16(3)26-20-9-22(30)28(4)21-6-5-17(27-31)8-19(20)21/h5-6,8-11,14-16,26-27,31H,7,12-13H2,1-4H3/p+1. The van der Waals surface area contributed by atoms with Crippen molar-refractivity contribution in [3.8, 4) is 0 Å². The van der Waals surface area contributed by atoms with Crippen molar-refractivity contribution in [3.63, 3.8) is 0 Å². The van der Waals surface area contributed by atoms with Crippen molar-refractivity contribution < 1.29 is 10.7 Å². The van der Waals surface area contributed by atoms with Crippen LogP contribution in [-0.2, 0) is 7.05 Å². The lowest BCUT2D eigenvalue weighted by atomic mass is 9.92. The molecule has 1 saturated heterocycles. The zero-order valence-electron chi connectivity index (χ0n) is 18.5. The molecule has 164 valence electrons. The fourth-order valence-electron chi connectivity index (χ4n) is 4.57. The Labute approximate surface area is 181 Å². The highest BCUT2D eigenvalue weighted by Gasteiger charge is 2.23. The molecule has 3 atom stereocenters. The lowest BCUT2D eigenvalue weighted by molar-refractivity contribution is -0.825. The second kappa shape index (κ2) is 8.64. The molecule has 0 spiro atoms. The fraction of sp³-hybridized carbons (Fsp3) is 0.435. The minimum atomic E-state index is -0.190. The SMILES string of the molecule is CC1CC(C)CN(c2cnc(C(C)Nc3cc(=O)n(C)c4ccc([NH2+]O)cc34)nc2)C1. The molecular formula is C23H31N6O2+. The predicted octanol–water partition coefficient (Wildman–Crippen LogP) is 2.57. The number of fused-ring (bicyclic) bond motifs is 1.